The number of allylic oxidation sites excluding steroid dienone is 1. The normalized spacial score (nSPS) is 25.4. The molecular weight excluding hydrogens is 492 g/mol. The number of aromatic hydroxyl groups is 1. The van der Waals surface area contributed by atoms with Crippen molar-refractivity contribution in [3.8, 4) is 5.75 Å². The Morgan fingerprint density at radius 1 is 1.16 bits per heavy atom. The molecule has 0 saturated heterocycles. The average molecular weight is 521 g/mol. The minimum atomic E-state index is -2.65. The van der Waals surface area contributed by atoms with Crippen molar-refractivity contribution in [1.82, 2.24) is 5.32 Å². The van der Waals surface area contributed by atoms with Crippen LogP contribution in [0, 0.1) is 17.8 Å². The lowest BCUT2D eigenvalue weighted by molar-refractivity contribution is -0.886. The molecule has 0 radical (unpaired) electrons. The summed E-state index contributed by atoms with van der Waals surface area (Å²) in [7, 11) is 3.38. The SMILES string of the molecule is C[NH+](C)C1C(O)=C(C(N)=O)C(=O)C2C(=O)C3=C(O)c4c(O)ccc(C(=O)CNCC(F)F)c4CC3CC21. The summed E-state index contributed by atoms with van der Waals surface area (Å²) in [6, 6.07) is 1.69. The zero-order chi connectivity index (χ0) is 27.3. The second kappa shape index (κ2) is 9.67. The first-order chi connectivity index (χ1) is 17.4. The summed E-state index contributed by atoms with van der Waals surface area (Å²) in [4.78, 5) is 52.3. The molecule has 1 aromatic rings. The monoisotopic (exact) mass is 520 g/mol. The molecule has 12 heteroatoms. The van der Waals surface area contributed by atoms with Gasteiger partial charge in [0.25, 0.3) is 12.3 Å². The van der Waals surface area contributed by atoms with E-state index in [1.165, 1.54) is 6.07 Å². The van der Waals surface area contributed by atoms with E-state index in [2.05, 4.69) is 5.32 Å². The lowest BCUT2D eigenvalue weighted by atomic mass is 9.59. The van der Waals surface area contributed by atoms with Crippen LogP contribution in [0.1, 0.15) is 27.9 Å². The van der Waals surface area contributed by atoms with Gasteiger partial charge in [-0.1, -0.05) is 0 Å². The number of aliphatic hydroxyl groups is 2. The number of amides is 1. The van der Waals surface area contributed by atoms with Gasteiger partial charge in [0.05, 0.1) is 38.7 Å². The number of fused-ring (bicyclic) bond motifs is 3. The van der Waals surface area contributed by atoms with Gasteiger partial charge in [0.1, 0.15) is 23.1 Å². The molecule has 7 N–H and O–H groups in total. The number of carbonyl (C=O) groups is 4. The number of likely N-dealkylation sites (N-methyl/N-ethyl adjacent to an activating group) is 1. The van der Waals surface area contributed by atoms with E-state index >= 15 is 0 Å². The maximum atomic E-state index is 13.7. The van der Waals surface area contributed by atoms with Crippen LogP contribution in [0.25, 0.3) is 5.76 Å². The van der Waals surface area contributed by atoms with E-state index in [-0.39, 0.29) is 35.1 Å². The van der Waals surface area contributed by atoms with E-state index in [0.717, 1.165) is 6.07 Å². The maximum Gasteiger partial charge on any atom is 0.256 e. The molecular formula is C25H28F2N3O7+. The van der Waals surface area contributed by atoms with Gasteiger partial charge in [0.15, 0.2) is 23.1 Å². The Labute approximate surface area is 210 Å². The third-order valence-corrected chi connectivity index (χ3v) is 7.44. The Morgan fingerprint density at radius 2 is 1.84 bits per heavy atom. The van der Waals surface area contributed by atoms with Crippen molar-refractivity contribution in [1.29, 1.82) is 0 Å². The first kappa shape index (κ1) is 26.4. The number of hydrogen-bond donors (Lipinski definition) is 6. The average Bonchev–Trinajstić information content (AvgIpc) is 2.77. The van der Waals surface area contributed by atoms with Crippen molar-refractivity contribution >= 4 is 29.0 Å². The Hall–Kier alpha value is -3.64. The minimum Gasteiger partial charge on any atom is -0.507 e. The number of Topliss-reactive ketones (excluding diaryl/α,β-unsaturated/α-hetero) is 3. The third-order valence-electron chi connectivity index (χ3n) is 7.44. The molecule has 3 aliphatic rings. The van der Waals surface area contributed by atoms with E-state index in [1.807, 2.05) is 0 Å². The van der Waals surface area contributed by atoms with Crippen molar-refractivity contribution in [2.24, 2.45) is 23.5 Å². The Kier molecular flexibility index (Phi) is 6.91. The number of phenols is 1. The zero-order valence-electron chi connectivity index (χ0n) is 20.2. The number of carbonyl (C=O) groups excluding carboxylic acids is 4. The second-order valence-electron chi connectivity index (χ2n) is 9.88. The van der Waals surface area contributed by atoms with Crippen molar-refractivity contribution in [3.63, 3.8) is 0 Å². The number of halogens is 2. The van der Waals surface area contributed by atoms with Gasteiger partial charge >= 0.3 is 0 Å². The summed E-state index contributed by atoms with van der Waals surface area (Å²) in [6.07, 6.45) is -2.45. The zero-order valence-corrected chi connectivity index (χ0v) is 20.2. The molecule has 0 aromatic heterocycles. The van der Waals surface area contributed by atoms with Gasteiger partial charge < -0.3 is 31.3 Å². The number of nitrogens with one attached hydrogen (secondary N) is 2. The summed E-state index contributed by atoms with van der Waals surface area (Å²) in [5.41, 5.74) is 4.83. The summed E-state index contributed by atoms with van der Waals surface area (Å²) in [5.74, 6) is -7.56. The molecule has 1 saturated carbocycles. The summed E-state index contributed by atoms with van der Waals surface area (Å²) >= 11 is 0. The quantitative estimate of drug-likeness (QED) is 0.158. The van der Waals surface area contributed by atoms with Gasteiger partial charge in [-0.2, -0.15) is 0 Å². The second-order valence-corrected chi connectivity index (χ2v) is 9.88. The van der Waals surface area contributed by atoms with Crippen LogP contribution in [-0.4, -0.2) is 78.2 Å². The molecule has 0 bridgehead atoms. The van der Waals surface area contributed by atoms with Crippen LogP contribution in [0.3, 0.4) is 0 Å². The van der Waals surface area contributed by atoms with Crippen LogP contribution in [0.2, 0.25) is 0 Å². The molecule has 1 amide bonds. The minimum absolute atomic E-state index is 0.0465. The van der Waals surface area contributed by atoms with Crippen molar-refractivity contribution in [2.75, 3.05) is 27.2 Å². The highest BCUT2D eigenvalue weighted by molar-refractivity contribution is 6.28. The smallest absolute Gasteiger partial charge is 0.256 e. The van der Waals surface area contributed by atoms with E-state index in [1.54, 1.807) is 14.1 Å². The van der Waals surface area contributed by atoms with E-state index in [4.69, 9.17) is 5.73 Å². The van der Waals surface area contributed by atoms with Crippen molar-refractivity contribution in [2.45, 2.75) is 25.3 Å². The topological polar surface area (TPSA) is 171 Å². The van der Waals surface area contributed by atoms with Crippen LogP contribution in [0.4, 0.5) is 8.78 Å². The Balaban J connectivity index is 1.80. The highest BCUT2D eigenvalue weighted by Crippen LogP contribution is 2.49. The molecule has 4 rings (SSSR count). The number of aliphatic hydroxyl groups excluding tert-OH is 2. The Bertz CT molecular complexity index is 1270. The number of primary amides is 1. The van der Waals surface area contributed by atoms with Crippen LogP contribution in [-0.2, 0) is 20.8 Å². The lowest BCUT2D eigenvalue weighted by Gasteiger charge is -2.44. The largest absolute Gasteiger partial charge is 0.507 e. The Morgan fingerprint density at radius 3 is 2.43 bits per heavy atom. The van der Waals surface area contributed by atoms with Gasteiger partial charge in [-0.3, -0.25) is 19.2 Å². The first-order valence-electron chi connectivity index (χ1n) is 11.8. The molecule has 4 atom stereocenters. The fourth-order valence-electron chi connectivity index (χ4n) is 6.02. The summed E-state index contributed by atoms with van der Waals surface area (Å²) in [6.45, 7) is -1.09. The number of nitrogens with two attached hydrogens (primary N) is 1. The van der Waals surface area contributed by atoms with Gasteiger partial charge in [0.2, 0.25) is 0 Å². The molecule has 198 valence electrons. The number of rotatable bonds is 7. The number of benzene rings is 1. The third kappa shape index (κ3) is 4.29. The summed E-state index contributed by atoms with van der Waals surface area (Å²) in [5, 5.41) is 34.8. The fourth-order valence-corrected chi connectivity index (χ4v) is 6.02. The van der Waals surface area contributed by atoms with Gasteiger partial charge in [0, 0.05) is 17.1 Å². The predicted molar refractivity (Wildman–Crippen MR) is 125 cm³/mol. The molecule has 0 heterocycles. The van der Waals surface area contributed by atoms with E-state index in [0.29, 0.717) is 4.90 Å². The van der Waals surface area contributed by atoms with Crippen molar-refractivity contribution in [3.05, 3.63) is 45.7 Å². The number of ketones is 3. The van der Waals surface area contributed by atoms with Crippen LogP contribution >= 0.6 is 0 Å². The highest BCUT2D eigenvalue weighted by Gasteiger charge is 2.57. The number of quaternary nitrogens is 1. The van der Waals surface area contributed by atoms with E-state index < -0.39 is 89.4 Å². The molecule has 4 unspecified atom stereocenters. The van der Waals surface area contributed by atoms with Crippen LogP contribution in [0.15, 0.2) is 29.0 Å². The molecule has 1 aromatic carbocycles. The molecule has 37 heavy (non-hydrogen) atoms. The fraction of sp³-hybridized carbons (Fsp3) is 0.440. The predicted octanol–water partition coefficient (Wildman–Crippen LogP) is -0.531. The molecule has 3 aliphatic carbocycles. The number of phenolic OH excluding ortho intramolecular Hbond substituents is 1. The molecule has 0 aliphatic heterocycles. The summed E-state index contributed by atoms with van der Waals surface area (Å²) < 4.78 is 25.0. The molecule has 1 fully saturated rings. The molecule has 0 spiro atoms. The van der Waals surface area contributed by atoms with Gasteiger partial charge in [-0.25, -0.2) is 8.78 Å². The first-order valence-corrected chi connectivity index (χ1v) is 11.8. The highest BCUT2D eigenvalue weighted by atomic mass is 19.3. The van der Waals surface area contributed by atoms with Crippen LogP contribution < -0.4 is 16.0 Å². The van der Waals surface area contributed by atoms with Crippen LogP contribution in [0.5, 0.6) is 5.75 Å². The van der Waals surface area contributed by atoms with Gasteiger partial charge in [-0.05, 0) is 36.5 Å². The van der Waals surface area contributed by atoms with Crippen molar-refractivity contribution < 1.29 is 48.2 Å². The number of hydrogen-bond acceptors (Lipinski definition) is 8. The number of alkyl halides is 2. The van der Waals surface area contributed by atoms with E-state index in [9.17, 15) is 43.3 Å². The maximum absolute atomic E-state index is 13.7. The molecule has 10 nitrogen and oxygen atoms in total. The standard InChI is InChI=1S/C25H27F2N3O7/c1-30(2)20-12-6-9-5-11-10(14(32)7-29-8-15(26)27)3-4-13(31)17(11)21(33)16(9)22(34)18(12)23(35)19(24(20)36)25(28)37/h3-4,9,12,15,18,20,29,31,33,36H,5-8H2,1-2H3,(H2,28,37)/p+1. The lowest BCUT2D eigenvalue weighted by Crippen LogP contribution is -3.11. The van der Waals surface area contributed by atoms with Gasteiger partial charge in [-0.15, -0.1) is 0 Å².